The molecule has 1 aliphatic rings. The average Bonchev–Trinajstić information content (AvgIpc) is 2.27. The van der Waals surface area contributed by atoms with E-state index < -0.39 is 34.9 Å². The number of rotatable bonds is 2. The van der Waals surface area contributed by atoms with E-state index in [1.165, 1.54) is 12.0 Å². The van der Waals surface area contributed by atoms with Crippen molar-refractivity contribution in [1.29, 1.82) is 0 Å². The molecule has 0 aromatic rings. The molecular weight excluding hydrogens is 304 g/mol. The smallest absolute Gasteiger partial charge is 0.410 e. The summed E-state index contributed by atoms with van der Waals surface area (Å²) in [7, 11) is 1.22. The van der Waals surface area contributed by atoms with Crippen molar-refractivity contribution in [2.45, 2.75) is 58.3 Å². The van der Waals surface area contributed by atoms with Crippen LogP contribution >= 0.6 is 0 Å². The molecule has 0 spiro atoms. The molecule has 23 heavy (non-hydrogen) atoms. The normalized spacial score (nSPS) is 16.9. The molecule has 0 aromatic carbocycles. The molecule has 0 bridgehead atoms. The van der Waals surface area contributed by atoms with Crippen LogP contribution in [0.25, 0.3) is 0 Å². The Bertz CT molecular complexity index is 483. The van der Waals surface area contributed by atoms with Gasteiger partial charge in [-0.2, -0.15) is 0 Å². The van der Waals surface area contributed by atoms with Crippen molar-refractivity contribution in [2.24, 2.45) is 0 Å². The zero-order valence-electron chi connectivity index (χ0n) is 14.8. The predicted molar refractivity (Wildman–Crippen MR) is 81.9 cm³/mol. The van der Waals surface area contributed by atoms with Gasteiger partial charge < -0.3 is 24.4 Å². The Balaban J connectivity index is 2.73. The van der Waals surface area contributed by atoms with Crippen LogP contribution in [0.3, 0.4) is 0 Å². The van der Waals surface area contributed by atoms with Crippen molar-refractivity contribution in [3.05, 3.63) is 0 Å². The van der Waals surface area contributed by atoms with E-state index in [-0.39, 0.29) is 13.1 Å². The number of nitrogens with one attached hydrogen (secondary N) is 1. The second-order valence-electron chi connectivity index (χ2n) is 7.54. The van der Waals surface area contributed by atoms with Crippen LogP contribution in [0.15, 0.2) is 0 Å². The lowest BCUT2D eigenvalue weighted by Gasteiger charge is -2.47. The van der Waals surface area contributed by atoms with Gasteiger partial charge in [0.2, 0.25) is 0 Å². The maximum Gasteiger partial charge on any atom is 0.410 e. The SMILES string of the molecule is COC(=O)C1(NC(=O)OC(C)(C)C)CN(C(=O)OC(C)(C)C)C1. The monoisotopic (exact) mass is 330 g/mol. The van der Waals surface area contributed by atoms with Gasteiger partial charge in [0.15, 0.2) is 5.54 Å². The van der Waals surface area contributed by atoms with Crippen LogP contribution in [0.4, 0.5) is 9.59 Å². The second-order valence-corrected chi connectivity index (χ2v) is 7.54. The Morgan fingerprint density at radius 1 is 0.957 bits per heavy atom. The van der Waals surface area contributed by atoms with E-state index in [9.17, 15) is 14.4 Å². The molecule has 2 amide bonds. The Kier molecular flexibility index (Phi) is 5.18. The maximum absolute atomic E-state index is 12.0. The Labute approximate surface area is 136 Å². The zero-order valence-corrected chi connectivity index (χ0v) is 14.8. The molecule has 1 heterocycles. The summed E-state index contributed by atoms with van der Waals surface area (Å²) in [6, 6.07) is 0. The number of methoxy groups -OCH3 is 1. The van der Waals surface area contributed by atoms with E-state index in [4.69, 9.17) is 14.2 Å². The predicted octanol–water partition coefficient (Wildman–Crippen LogP) is 1.67. The first-order valence-electron chi connectivity index (χ1n) is 7.35. The third-order valence-corrected chi connectivity index (χ3v) is 2.89. The van der Waals surface area contributed by atoms with Crippen LogP contribution in [0.5, 0.6) is 0 Å². The maximum atomic E-state index is 12.0. The fourth-order valence-corrected chi connectivity index (χ4v) is 2.01. The van der Waals surface area contributed by atoms with Gasteiger partial charge in [-0.05, 0) is 41.5 Å². The summed E-state index contributed by atoms with van der Waals surface area (Å²) in [5, 5.41) is 2.50. The number of esters is 1. The van der Waals surface area contributed by atoms with Gasteiger partial charge in [0.05, 0.1) is 20.2 Å². The van der Waals surface area contributed by atoms with Crippen molar-refractivity contribution in [3.8, 4) is 0 Å². The number of carbonyl (C=O) groups is 3. The van der Waals surface area contributed by atoms with Gasteiger partial charge >= 0.3 is 18.2 Å². The number of carbonyl (C=O) groups excluding carboxylic acids is 3. The summed E-state index contributed by atoms with van der Waals surface area (Å²) in [6.07, 6.45) is -1.30. The minimum Gasteiger partial charge on any atom is -0.467 e. The Morgan fingerprint density at radius 2 is 1.43 bits per heavy atom. The summed E-state index contributed by atoms with van der Waals surface area (Å²) in [5.41, 5.74) is -2.65. The summed E-state index contributed by atoms with van der Waals surface area (Å²) in [6.45, 7) is 10.3. The molecule has 0 unspecified atom stereocenters. The first kappa shape index (κ1) is 19.1. The lowest BCUT2D eigenvalue weighted by atomic mass is 9.90. The first-order chi connectivity index (χ1) is 10.3. The van der Waals surface area contributed by atoms with E-state index in [2.05, 4.69) is 5.32 Å². The van der Waals surface area contributed by atoms with E-state index in [1.807, 2.05) is 0 Å². The van der Waals surface area contributed by atoms with Gasteiger partial charge in [-0.15, -0.1) is 0 Å². The standard InChI is InChI=1S/C15H26N2O6/c1-13(2,3)22-11(19)16-15(10(18)21-7)8-17(9-15)12(20)23-14(4,5)6/h8-9H2,1-7H3,(H,16,19). The third kappa shape index (κ3) is 5.30. The summed E-state index contributed by atoms with van der Waals surface area (Å²) in [5.74, 6) is -0.636. The molecular formula is C15H26N2O6. The molecule has 132 valence electrons. The number of likely N-dealkylation sites (tertiary alicyclic amines) is 1. The molecule has 8 nitrogen and oxygen atoms in total. The lowest BCUT2D eigenvalue weighted by molar-refractivity contribution is -0.155. The zero-order chi connectivity index (χ0) is 18.1. The van der Waals surface area contributed by atoms with E-state index in [1.54, 1.807) is 41.5 Å². The van der Waals surface area contributed by atoms with Crippen LogP contribution < -0.4 is 5.32 Å². The Hall–Kier alpha value is -1.99. The van der Waals surface area contributed by atoms with Gasteiger partial charge in [-0.25, -0.2) is 14.4 Å². The molecule has 0 radical (unpaired) electrons. The summed E-state index contributed by atoms with van der Waals surface area (Å²) < 4.78 is 15.1. The molecule has 8 heteroatoms. The number of alkyl carbamates (subject to hydrolysis) is 1. The number of amides is 2. The molecule has 0 aliphatic carbocycles. The molecule has 0 saturated carbocycles. The Morgan fingerprint density at radius 3 is 1.83 bits per heavy atom. The molecule has 1 N–H and O–H groups in total. The molecule has 0 aromatic heterocycles. The fraction of sp³-hybridized carbons (Fsp3) is 0.800. The van der Waals surface area contributed by atoms with Crippen molar-refractivity contribution < 1.29 is 28.6 Å². The van der Waals surface area contributed by atoms with E-state index >= 15 is 0 Å². The van der Waals surface area contributed by atoms with Crippen molar-refractivity contribution in [2.75, 3.05) is 20.2 Å². The highest BCUT2D eigenvalue weighted by Crippen LogP contribution is 2.25. The third-order valence-electron chi connectivity index (χ3n) is 2.89. The van der Waals surface area contributed by atoms with Crippen LogP contribution in [0, 0.1) is 0 Å². The van der Waals surface area contributed by atoms with Crippen molar-refractivity contribution in [3.63, 3.8) is 0 Å². The number of nitrogens with zero attached hydrogens (tertiary/aromatic N) is 1. The summed E-state index contributed by atoms with van der Waals surface area (Å²) in [4.78, 5) is 37.2. The molecule has 1 saturated heterocycles. The van der Waals surface area contributed by atoms with Crippen molar-refractivity contribution in [1.82, 2.24) is 10.2 Å². The fourth-order valence-electron chi connectivity index (χ4n) is 2.01. The number of ether oxygens (including phenoxy) is 3. The second kappa shape index (κ2) is 6.25. The largest absolute Gasteiger partial charge is 0.467 e. The number of hydrogen-bond donors (Lipinski definition) is 1. The van der Waals surface area contributed by atoms with Gasteiger partial charge in [0.25, 0.3) is 0 Å². The molecule has 1 rings (SSSR count). The van der Waals surface area contributed by atoms with Crippen molar-refractivity contribution >= 4 is 18.2 Å². The van der Waals surface area contributed by atoms with E-state index in [0.29, 0.717) is 0 Å². The van der Waals surface area contributed by atoms with Gasteiger partial charge in [-0.1, -0.05) is 0 Å². The van der Waals surface area contributed by atoms with Gasteiger partial charge in [0.1, 0.15) is 11.2 Å². The highest BCUT2D eigenvalue weighted by atomic mass is 16.6. The van der Waals surface area contributed by atoms with Gasteiger partial charge in [0, 0.05) is 0 Å². The minimum absolute atomic E-state index is 0.0339. The van der Waals surface area contributed by atoms with Crippen LogP contribution in [0.1, 0.15) is 41.5 Å². The molecule has 1 fully saturated rings. The van der Waals surface area contributed by atoms with E-state index in [0.717, 1.165) is 0 Å². The van der Waals surface area contributed by atoms with Gasteiger partial charge in [-0.3, -0.25) is 0 Å². The first-order valence-corrected chi connectivity index (χ1v) is 7.35. The molecule has 0 atom stereocenters. The quantitative estimate of drug-likeness (QED) is 0.611. The highest BCUT2D eigenvalue weighted by molar-refractivity contribution is 5.89. The summed E-state index contributed by atoms with van der Waals surface area (Å²) >= 11 is 0. The van der Waals surface area contributed by atoms with Crippen LogP contribution in [-0.4, -0.2) is 60.0 Å². The number of hydrogen-bond acceptors (Lipinski definition) is 6. The lowest BCUT2D eigenvalue weighted by Crippen LogP contribution is -2.75. The average molecular weight is 330 g/mol. The van der Waals surface area contributed by atoms with Crippen LogP contribution in [0.2, 0.25) is 0 Å². The van der Waals surface area contributed by atoms with Crippen LogP contribution in [-0.2, 0) is 19.0 Å². The topological polar surface area (TPSA) is 94.2 Å². The minimum atomic E-state index is -1.31. The molecule has 1 aliphatic heterocycles. The highest BCUT2D eigenvalue weighted by Gasteiger charge is 2.54.